The first kappa shape index (κ1) is 9.65. The molecule has 2 aliphatic heterocycles. The zero-order chi connectivity index (χ0) is 10.1. The van der Waals surface area contributed by atoms with Crippen LogP contribution in [0, 0.1) is 5.92 Å². The first-order valence-electron chi connectivity index (χ1n) is 4.95. The van der Waals surface area contributed by atoms with Crippen LogP contribution < -0.4 is 0 Å². The van der Waals surface area contributed by atoms with Gasteiger partial charge in [-0.05, 0) is 12.8 Å². The standard InChI is InChI=1S/C10H14O4/c1-13-10(12)5-7-8(11)4-6-2-3-9(7)14-6/h6-7,9H,2-5H2,1H3/t6-,7+,9+/m1/s1. The summed E-state index contributed by atoms with van der Waals surface area (Å²) >= 11 is 0. The van der Waals surface area contributed by atoms with Crippen LogP contribution in [0.15, 0.2) is 0 Å². The maximum absolute atomic E-state index is 11.6. The van der Waals surface area contributed by atoms with Gasteiger partial charge in [0.25, 0.3) is 0 Å². The van der Waals surface area contributed by atoms with Crippen LogP contribution >= 0.6 is 0 Å². The van der Waals surface area contributed by atoms with Crippen molar-refractivity contribution >= 4 is 11.8 Å². The van der Waals surface area contributed by atoms with Crippen molar-refractivity contribution in [3.05, 3.63) is 0 Å². The number of hydrogen-bond donors (Lipinski definition) is 0. The van der Waals surface area contributed by atoms with Crippen molar-refractivity contribution in [2.45, 2.75) is 37.9 Å². The number of ketones is 1. The molecule has 0 aromatic carbocycles. The average Bonchev–Trinajstić information content (AvgIpc) is 2.56. The van der Waals surface area contributed by atoms with E-state index in [9.17, 15) is 9.59 Å². The van der Waals surface area contributed by atoms with E-state index in [2.05, 4.69) is 4.74 Å². The molecule has 2 bridgehead atoms. The molecule has 2 heterocycles. The molecule has 2 rings (SSSR count). The van der Waals surface area contributed by atoms with Gasteiger partial charge in [0, 0.05) is 6.42 Å². The topological polar surface area (TPSA) is 52.6 Å². The Hall–Kier alpha value is -0.900. The smallest absolute Gasteiger partial charge is 0.306 e. The molecule has 2 aliphatic rings. The summed E-state index contributed by atoms with van der Waals surface area (Å²) in [6, 6.07) is 0. The van der Waals surface area contributed by atoms with Crippen molar-refractivity contribution in [1.82, 2.24) is 0 Å². The molecule has 78 valence electrons. The highest BCUT2D eigenvalue weighted by atomic mass is 16.5. The van der Waals surface area contributed by atoms with Crippen molar-refractivity contribution < 1.29 is 19.1 Å². The molecular formula is C10H14O4. The molecule has 2 fully saturated rings. The van der Waals surface area contributed by atoms with Crippen molar-refractivity contribution in [2.24, 2.45) is 5.92 Å². The van der Waals surface area contributed by atoms with Crippen molar-refractivity contribution in [3.8, 4) is 0 Å². The fourth-order valence-corrected chi connectivity index (χ4v) is 2.27. The van der Waals surface area contributed by atoms with Gasteiger partial charge < -0.3 is 9.47 Å². The monoisotopic (exact) mass is 198 g/mol. The summed E-state index contributed by atoms with van der Waals surface area (Å²) in [6.07, 6.45) is 2.57. The molecule has 0 radical (unpaired) electrons. The molecule has 0 aliphatic carbocycles. The highest BCUT2D eigenvalue weighted by molar-refractivity contribution is 5.87. The number of hydrogen-bond acceptors (Lipinski definition) is 4. The van der Waals surface area contributed by atoms with Crippen LogP contribution in [0.2, 0.25) is 0 Å². The number of methoxy groups -OCH3 is 1. The van der Waals surface area contributed by atoms with Gasteiger partial charge in [0.2, 0.25) is 0 Å². The van der Waals surface area contributed by atoms with E-state index < -0.39 is 0 Å². The third-order valence-corrected chi connectivity index (χ3v) is 3.05. The van der Waals surface area contributed by atoms with E-state index in [0.29, 0.717) is 6.42 Å². The predicted octanol–water partition coefficient (Wildman–Crippen LogP) is 0.686. The summed E-state index contributed by atoms with van der Waals surface area (Å²) in [5, 5.41) is 0. The molecule has 14 heavy (non-hydrogen) atoms. The molecule has 4 heteroatoms. The molecule has 0 N–H and O–H groups in total. The van der Waals surface area contributed by atoms with Crippen LogP contribution in [0.1, 0.15) is 25.7 Å². The highest BCUT2D eigenvalue weighted by Crippen LogP contribution is 2.35. The zero-order valence-electron chi connectivity index (χ0n) is 8.19. The predicted molar refractivity (Wildman–Crippen MR) is 47.6 cm³/mol. The number of fused-ring (bicyclic) bond motifs is 2. The Labute approximate surface area is 82.6 Å². The van der Waals surface area contributed by atoms with Crippen molar-refractivity contribution in [2.75, 3.05) is 7.11 Å². The van der Waals surface area contributed by atoms with E-state index in [4.69, 9.17) is 4.74 Å². The second-order valence-corrected chi connectivity index (χ2v) is 3.93. The number of carbonyl (C=O) groups is 2. The Kier molecular flexibility index (Phi) is 2.54. The lowest BCUT2D eigenvalue weighted by atomic mass is 9.91. The summed E-state index contributed by atoms with van der Waals surface area (Å²) in [7, 11) is 1.34. The maximum Gasteiger partial charge on any atom is 0.306 e. The molecule has 2 saturated heterocycles. The van der Waals surface area contributed by atoms with Crippen LogP contribution in [-0.2, 0) is 19.1 Å². The molecule has 3 atom stereocenters. The SMILES string of the molecule is COC(=O)C[C@H]1C(=O)C[C@H]2CC[C@@H]1O2. The van der Waals surface area contributed by atoms with Crippen LogP contribution in [0.5, 0.6) is 0 Å². The summed E-state index contributed by atoms with van der Waals surface area (Å²) in [5.74, 6) is -0.423. The Bertz CT molecular complexity index is 261. The lowest BCUT2D eigenvalue weighted by Crippen LogP contribution is -2.37. The van der Waals surface area contributed by atoms with Gasteiger partial charge in [-0.3, -0.25) is 9.59 Å². The van der Waals surface area contributed by atoms with Crippen LogP contribution in [0.3, 0.4) is 0 Å². The Morgan fingerprint density at radius 2 is 2.36 bits per heavy atom. The fourth-order valence-electron chi connectivity index (χ4n) is 2.27. The van der Waals surface area contributed by atoms with E-state index in [1.165, 1.54) is 7.11 Å². The number of carbonyl (C=O) groups excluding carboxylic acids is 2. The van der Waals surface area contributed by atoms with E-state index in [0.717, 1.165) is 12.8 Å². The Balaban J connectivity index is 2.02. The van der Waals surface area contributed by atoms with Gasteiger partial charge >= 0.3 is 5.97 Å². The number of Topliss-reactive ketones (excluding diaryl/α,β-unsaturated/α-hetero) is 1. The normalized spacial score (nSPS) is 35.8. The molecule has 0 spiro atoms. The Morgan fingerprint density at radius 1 is 1.57 bits per heavy atom. The van der Waals surface area contributed by atoms with Gasteiger partial charge in [0.15, 0.2) is 0 Å². The lowest BCUT2D eigenvalue weighted by molar-refractivity contribution is -0.151. The summed E-state index contributed by atoms with van der Waals surface area (Å²) in [6.45, 7) is 0. The first-order valence-corrected chi connectivity index (χ1v) is 4.95. The number of esters is 1. The minimum absolute atomic E-state index is 0.0413. The second kappa shape index (κ2) is 3.69. The second-order valence-electron chi connectivity index (χ2n) is 3.93. The van der Waals surface area contributed by atoms with E-state index in [-0.39, 0.29) is 36.3 Å². The van der Waals surface area contributed by atoms with E-state index in [1.807, 2.05) is 0 Å². The first-order chi connectivity index (χ1) is 6.70. The van der Waals surface area contributed by atoms with Gasteiger partial charge in [-0.1, -0.05) is 0 Å². The molecule has 0 aromatic rings. The van der Waals surface area contributed by atoms with Gasteiger partial charge in [0.1, 0.15) is 5.78 Å². The quantitative estimate of drug-likeness (QED) is 0.612. The molecule has 4 nitrogen and oxygen atoms in total. The van der Waals surface area contributed by atoms with Gasteiger partial charge in [0.05, 0.1) is 31.7 Å². The molecule has 0 saturated carbocycles. The minimum atomic E-state index is -0.322. The van der Waals surface area contributed by atoms with Crippen molar-refractivity contribution in [1.29, 1.82) is 0 Å². The van der Waals surface area contributed by atoms with E-state index >= 15 is 0 Å². The van der Waals surface area contributed by atoms with Gasteiger partial charge in [-0.25, -0.2) is 0 Å². The summed E-state index contributed by atoms with van der Waals surface area (Å²) in [4.78, 5) is 22.7. The van der Waals surface area contributed by atoms with Crippen LogP contribution in [0.25, 0.3) is 0 Å². The third kappa shape index (κ3) is 1.66. The molecule has 0 amide bonds. The van der Waals surface area contributed by atoms with Crippen LogP contribution in [0.4, 0.5) is 0 Å². The van der Waals surface area contributed by atoms with Gasteiger partial charge in [-0.2, -0.15) is 0 Å². The molecule has 0 aromatic heterocycles. The molecule has 0 unspecified atom stereocenters. The van der Waals surface area contributed by atoms with Gasteiger partial charge in [-0.15, -0.1) is 0 Å². The summed E-state index contributed by atoms with van der Waals surface area (Å²) < 4.78 is 10.2. The minimum Gasteiger partial charge on any atom is -0.469 e. The molecular weight excluding hydrogens is 184 g/mol. The average molecular weight is 198 g/mol. The Morgan fingerprint density at radius 3 is 3.07 bits per heavy atom. The third-order valence-electron chi connectivity index (χ3n) is 3.05. The van der Waals surface area contributed by atoms with E-state index in [1.54, 1.807) is 0 Å². The fraction of sp³-hybridized carbons (Fsp3) is 0.800. The maximum atomic E-state index is 11.6. The van der Waals surface area contributed by atoms with Crippen molar-refractivity contribution in [3.63, 3.8) is 0 Å². The number of rotatable bonds is 2. The number of ether oxygens (including phenoxy) is 2. The highest BCUT2D eigenvalue weighted by Gasteiger charge is 2.42. The lowest BCUT2D eigenvalue weighted by Gasteiger charge is -2.27. The largest absolute Gasteiger partial charge is 0.469 e. The summed E-state index contributed by atoms with van der Waals surface area (Å²) in [5.41, 5.74) is 0. The zero-order valence-corrected chi connectivity index (χ0v) is 8.19. The van der Waals surface area contributed by atoms with Crippen LogP contribution in [-0.4, -0.2) is 31.1 Å².